The van der Waals surface area contributed by atoms with Crippen LogP contribution in [0.1, 0.15) is 37.1 Å². The van der Waals surface area contributed by atoms with Gasteiger partial charge >= 0.3 is 0 Å². The first-order valence-corrected chi connectivity index (χ1v) is 13.3. The average molecular weight is 510 g/mol. The fourth-order valence-corrected chi connectivity index (χ4v) is 7.12. The van der Waals surface area contributed by atoms with E-state index in [1.807, 2.05) is 39.0 Å². The van der Waals surface area contributed by atoms with Crippen LogP contribution < -0.4 is 10.6 Å². The second kappa shape index (κ2) is 8.25. The number of carbonyl (C=O) groups is 2. The first kappa shape index (κ1) is 22.9. The lowest BCUT2D eigenvalue weighted by Gasteiger charge is -2.27. The number of imide groups is 1. The van der Waals surface area contributed by atoms with E-state index in [1.165, 1.54) is 4.90 Å². The van der Waals surface area contributed by atoms with E-state index < -0.39 is 0 Å². The van der Waals surface area contributed by atoms with Gasteiger partial charge in [-0.2, -0.15) is 0 Å². The molecule has 3 unspecified atom stereocenters. The second-order valence-corrected chi connectivity index (χ2v) is 12.0. The lowest BCUT2D eigenvalue weighted by atomic mass is 10.0. The predicted molar refractivity (Wildman–Crippen MR) is 138 cm³/mol. The van der Waals surface area contributed by atoms with Crippen molar-refractivity contribution < 1.29 is 9.59 Å². The quantitative estimate of drug-likeness (QED) is 0.385. The van der Waals surface area contributed by atoms with Crippen LogP contribution in [-0.2, 0) is 16.1 Å². The van der Waals surface area contributed by atoms with Gasteiger partial charge in [-0.15, -0.1) is 11.3 Å². The maximum absolute atomic E-state index is 12.8. The number of anilines is 1. The van der Waals surface area contributed by atoms with Gasteiger partial charge in [0, 0.05) is 29.2 Å². The summed E-state index contributed by atoms with van der Waals surface area (Å²) in [6.07, 6.45) is 4.01. The largest absolute Gasteiger partial charge is 0.379 e. The molecular formula is C26H28ClN5O2S. The maximum atomic E-state index is 12.8. The number of thiophene rings is 1. The van der Waals surface area contributed by atoms with E-state index in [0.29, 0.717) is 17.7 Å². The number of nitrogens with zero attached hydrogens (tertiary/aromatic N) is 3. The van der Waals surface area contributed by atoms with Crippen LogP contribution in [-0.4, -0.2) is 45.8 Å². The number of rotatable bonds is 5. The van der Waals surface area contributed by atoms with Crippen molar-refractivity contribution in [1.29, 1.82) is 0 Å². The van der Waals surface area contributed by atoms with Gasteiger partial charge in [-0.05, 0) is 55.5 Å². The number of halogens is 1. The molecular weight excluding hydrogens is 482 g/mol. The fourth-order valence-electron chi connectivity index (χ4n) is 5.76. The molecule has 3 aliphatic rings. The van der Waals surface area contributed by atoms with Gasteiger partial charge < -0.3 is 10.6 Å². The number of aryl methyl sites for hydroxylation is 1. The van der Waals surface area contributed by atoms with Crippen molar-refractivity contribution in [3.05, 3.63) is 40.0 Å². The van der Waals surface area contributed by atoms with E-state index in [-0.39, 0.29) is 29.1 Å². The van der Waals surface area contributed by atoms with Crippen LogP contribution in [0.4, 0.5) is 5.69 Å². The molecule has 3 atom stereocenters. The highest BCUT2D eigenvalue weighted by atomic mass is 35.5. The van der Waals surface area contributed by atoms with Crippen LogP contribution in [0.5, 0.6) is 0 Å². The van der Waals surface area contributed by atoms with Gasteiger partial charge in [-0.25, -0.2) is 4.98 Å². The SMILES string of the molecule is Cc1cc(Cl)nc(-c2ccnc3cc(CN4C(=O)C5C(C4=O)C5(C)C)sc23)c1NC1CCCNC1. The Hall–Kier alpha value is -2.55. The monoisotopic (exact) mass is 509 g/mol. The van der Waals surface area contributed by atoms with Crippen LogP contribution >= 0.6 is 22.9 Å². The molecule has 2 saturated heterocycles. The number of likely N-dealkylation sites (tertiary alicyclic amines) is 1. The molecule has 182 valence electrons. The van der Waals surface area contributed by atoms with E-state index in [1.54, 1.807) is 17.5 Å². The van der Waals surface area contributed by atoms with Gasteiger partial charge in [0.05, 0.1) is 40.0 Å². The van der Waals surface area contributed by atoms with Crippen molar-refractivity contribution in [2.45, 2.75) is 46.2 Å². The molecule has 35 heavy (non-hydrogen) atoms. The van der Waals surface area contributed by atoms with Gasteiger partial charge in [0.25, 0.3) is 0 Å². The van der Waals surface area contributed by atoms with Gasteiger partial charge in [0.2, 0.25) is 11.8 Å². The molecule has 7 nitrogen and oxygen atoms in total. The third kappa shape index (κ3) is 3.74. The highest BCUT2D eigenvalue weighted by Gasteiger charge is 2.72. The maximum Gasteiger partial charge on any atom is 0.234 e. The highest BCUT2D eigenvalue weighted by Crippen LogP contribution is 2.63. The van der Waals surface area contributed by atoms with Crippen LogP contribution in [0.2, 0.25) is 5.15 Å². The number of aromatic nitrogens is 2. The number of piperidine rings is 2. The Bertz CT molecular complexity index is 1340. The number of amides is 2. The summed E-state index contributed by atoms with van der Waals surface area (Å²) < 4.78 is 0.978. The standard InChI is InChI=1S/C26H28ClN5O2S/c1-13-9-18(27)31-22(21(13)30-14-5-4-7-28-11-14)16-6-8-29-17-10-15(35-23(16)17)12-32-24(33)19-20(25(32)34)26(19,2)3/h6,8-10,14,19-20,28,30H,4-5,7,11-12H2,1-3H3. The molecule has 1 saturated carbocycles. The Morgan fingerprint density at radius 1 is 1.26 bits per heavy atom. The van der Waals surface area contributed by atoms with Gasteiger partial charge in [0.15, 0.2) is 0 Å². The van der Waals surface area contributed by atoms with E-state index in [2.05, 4.69) is 15.6 Å². The minimum atomic E-state index is -0.201. The molecule has 2 aliphatic heterocycles. The van der Waals surface area contributed by atoms with Crippen molar-refractivity contribution in [1.82, 2.24) is 20.2 Å². The molecule has 0 aromatic carbocycles. The van der Waals surface area contributed by atoms with Gasteiger partial charge in [0.1, 0.15) is 5.15 Å². The summed E-state index contributed by atoms with van der Waals surface area (Å²) in [5, 5.41) is 7.61. The zero-order valence-electron chi connectivity index (χ0n) is 20.0. The highest BCUT2D eigenvalue weighted by molar-refractivity contribution is 7.19. The third-order valence-corrected chi connectivity index (χ3v) is 9.09. The summed E-state index contributed by atoms with van der Waals surface area (Å²) in [4.78, 5) is 37.4. The molecule has 6 rings (SSSR count). The second-order valence-electron chi connectivity index (χ2n) is 10.5. The average Bonchev–Trinajstić information content (AvgIpc) is 3.07. The van der Waals surface area contributed by atoms with Crippen LogP contribution in [0.15, 0.2) is 24.4 Å². The summed E-state index contributed by atoms with van der Waals surface area (Å²) in [6, 6.07) is 6.16. The molecule has 9 heteroatoms. The minimum Gasteiger partial charge on any atom is -0.379 e. The number of pyridine rings is 2. The first-order valence-electron chi connectivity index (χ1n) is 12.1. The summed E-state index contributed by atoms with van der Waals surface area (Å²) in [5.41, 5.74) is 4.41. The lowest BCUT2D eigenvalue weighted by Crippen LogP contribution is -2.38. The Morgan fingerprint density at radius 3 is 2.74 bits per heavy atom. The molecule has 2 amide bonds. The molecule has 3 fully saturated rings. The molecule has 2 N–H and O–H groups in total. The van der Waals surface area contributed by atoms with E-state index in [4.69, 9.17) is 16.6 Å². The molecule has 0 radical (unpaired) electrons. The Labute approximate surface area is 213 Å². The number of carbonyl (C=O) groups excluding carboxylic acids is 2. The predicted octanol–water partition coefficient (Wildman–Crippen LogP) is 4.63. The number of nitrogens with one attached hydrogen (secondary N) is 2. The molecule has 3 aromatic heterocycles. The van der Waals surface area contributed by atoms with Gasteiger partial charge in [-0.1, -0.05) is 25.4 Å². The lowest BCUT2D eigenvalue weighted by molar-refractivity contribution is -0.143. The fraction of sp³-hybridized carbons (Fsp3) is 0.462. The zero-order valence-corrected chi connectivity index (χ0v) is 21.6. The smallest absolute Gasteiger partial charge is 0.234 e. The summed E-state index contributed by atoms with van der Waals surface area (Å²) >= 11 is 7.97. The summed E-state index contributed by atoms with van der Waals surface area (Å²) in [6.45, 7) is 8.30. The van der Waals surface area contributed by atoms with E-state index in [9.17, 15) is 9.59 Å². The zero-order chi connectivity index (χ0) is 24.5. The third-order valence-electron chi connectivity index (χ3n) is 7.75. The van der Waals surface area contributed by atoms with E-state index >= 15 is 0 Å². The van der Waals surface area contributed by atoms with Crippen molar-refractivity contribution >= 4 is 50.7 Å². The number of hydrogen-bond donors (Lipinski definition) is 2. The van der Waals surface area contributed by atoms with E-state index in [0.717, 1.165) is 63.5 Å². The van der Waals surface area contributed by atoms with Crippen LogP contribution in [0.3, 0.4) is 0 Å². The number of hydrogen-bond acceptors (Lipinski definition) is 7. The van der Waals surface area contributed by atoms with Crippen molar-refractivity contribution in [2.75, 3.05) is 18.4 Å². The van der Waals surface area contributed by atoms with Crippen LogP contribution in [0.25, 0.3) is 21.5 Å². The molecule has 5 heterocycles. The Morgan fingerprint density at radius 2 is 2.03 bits per heavy atom. The minimum absolute atomic E-state index is 0.0460. The summed E-state index contributed by atoms with van der Waals surface area (Å²) in [7, 11) is 0. The normalized spacial score (nSPS) is 25.3. The molecule has 3 aromatic rings. The first-order chi connectivity index (χ1) is 16.8. The molecule has 0 bridgehead atoms. The Balaban J connectivity index is 1.35. The molecule has 0 spiro atoms. The van der Waals surface area contributed by atoms with Crippen molar-refractivity contribution in [3.63, 3.8) is 0 Å². The van der Waals surface area contributed by atoms with Gasteiger partial charge in [-0.3, -0.25) is 19.5 Å². The molecule has 1 aliphatic carbocycles. The number of fused-ring (bicyclic) bond motifs is 2. The Kier molecular flexibility index (Phi) is 5.39. The van der Waals surface area contributed by atoms with Crippen molar-refractivity contribution in [2.24, 2.45) is 17.3 Å². The van der Waals surface area contributed by atoms with Crippen molar-refractivity contribution in [3.8, 4) is 11.3 Å². The topological polar surface area (TPSA) is 87.2 Å². The van der Waals surface area contributed by atoms with Crippen LogP contribution in [0, 0.1) is 24.2 Å². The summed E-state index contributed by atoms with van der Waals surface area (Å²) in [5.74, 6) is -0.426.